The maximum atomic E-state index is 12.1. The van der Waals surface area contributed by atoms with Crippen LogP contribution in [0.5, 0.6) is 0 Å². The van der Waals surface area contributed by atoms with Crippen molar-refractivity contribution in [1.82, 2.24) is 5.32 Å². The van der Waals surface area contributed by atoms with E-state index in [-0.39, 0.29) is 11.8 Å². The van der Waals surface area contributed by atoms with Crippen molar-refractivity contribution in [2.75, 3.05) is 12.3 Å². The quantitative estimate of drug-likeness (QED) is 0.582. The number of thioether (sulfide) groups is 1. The fourth-order valence-corrected chi connectivity index (χ4v) is 4.99. The van der Waals surface area contributed by atoms with E-state index in [0.717, 1.165) is 49.2 Å². The highest BCUT2D eigenvalue weighted by Crippen LogP contribution is 2.38. The number of furan rings is 1. The Labute approximate surface area is 175 Å². The second-order valence-electron chi connectivity index (χ2n) is 7.87. The van der Waals surface area contributed by atoms with Crippen molar-refractivity contribution in [3.8, 4) is 0 Å². The molecule has 1 amide bonds. The fraction of sp³-hybridized carbons (Fsp3) is 0.320. The number of carbonyl (C=O) groups is 1. The Kier molecular flexibility index (Phi) is 5.19. The molecule has 148 valence electrons. The standard InChI is InChI=1S/C25H25NO2S/c27-25(18-9-10-18)26-14-13-19-22(16-17-6-2-1-3-7-17)28-21-11-12-23-20(24(19)21)8-4-5-15-29-23/h1-4,6-8,11-12,18H,5,9-10,13-16H2,(H,26,27). The molecule has 3 nitrogen and oxygen atoms in total. The van der Waals surface area contributed by atoms with Gasteiger partial charge in [-0.3, -0.25) is 4.79 Å². The van der Waals surface area contributed by atoms with E-state index in [1.807, 2.05) is 17.8 Å². The van der Waals surface area contributed by atoms with E-state index in [9.17, 15) is 4.79 Å². The van der Waals surface area contributed by atoms with E-state index in [2.05, 4.69) is 53.9 Å². The zero-order valence-corrected chi connectivity index (χ0v) is 17.3. The van der Waals surface area contributed by atoms with Crippen molar-refractivity contribution in [2.24, 2.45) is 5.92 Å². The smallest absolute Gasteiger partial charge is 0.223 e. The summed E-state index contributed by atoms with van der Waals surface area (Å²) in [7, 11) is 0. The minimum Gasteiger partial charge on any atom is -0.460 e. The molecule has 0 radical (unpaired) electrons. The SMILES string of the molecule is O=C(NCCc1c(Cc2ccccc2)oc2ccc3c(c12)C=CCCS3)C1CC1. The molecule has 1 N–H and O–H groups in total. The summed E-state index contributed by atoms with van der Waals surface area (Å²) in [5.41, 5.74) is 4.71. The second kappa shape index (κ2) is 8.11. The van der Waals surface area contributed by atoms with Crippen LogP contribution in [0.25, 0.3) is 17.0 Å². The van der Waals surface area contributed by atoms with E-state index >= 15 is 0 Å². The van der Waals surface area contributed by atoms with Crippen LogP contribution in [-0.4, -0.2) is 18.2 Å². The van der Waals surface area contributed by atoms with Gasteiger partial charge in [0, 0.05) is 40.5 Å². The van der Waals surface area contributed by atoms with Gasteiger partial charge in [0.15, 0.2) is 0 Å². The number of hydrogen-bond acceptors (Lipinski definition) is 3. The van der Waals surface area contributed by atoms with Crippen molar-refractivity contribution in [2.45, 2.75) is 37.0 Å². The van der Waals surface area contributed by atoms with Crippen LogP contribution in [0.1, 0.15) is 41.7 Å². The third-order valence-corrected chi connectivity index (χ3v) is 6.80. The first-order valence-electron chi connectivity index (χ1n) is 10.5. The van der Waals surface area contributed by atoms with Gasteiger partial charge in [-0.25, -0.2) is 0 Å². The first-order chi connectivity index (χ1) is 14.3. The van der Waals surface area contributed by atoms with Crippen LogP contribution in [0.15, 0.2) is 57.9 Å². The van der Waals surface area contributed by atoms with Crippen LogP contribution >= 0.6 is 11.8 Å². The van der Waals surface area contributed by atoms with Gasteiger partial charge >= 0.3 is 0 Å². The molecule has 2 heterocycles. The molecule has 3 aromatic rings. The van der Waals surface area contributed by atoms with Crippen molar-refractivity contribution in [1.29, 1.82) is 0 Å². The molecule has 1 saturated carbocycles. The van der Waals surface area contributed by atoms with Crippen molar-refractivity contribution in [3.63, 3.8) is 0 Å². The van der Waals surface area contributed by atoms with Crippen molar-refractivity contribution in [3.05, 3.63) is 71.0 Å². The highest BCUT2D eigenvalue weighted by molar-refractivity contribution is 7.99. The highest BCUT2D eigenvalue weighted by Gasteiger charge is 2.29. The average molecular weight is 404 g/mol. The zero-order valence-electron chi connectivity index (χ0n) is 16.4. The Morgan fingerprint density at radius 3 is 2.83 bits per heavy atom. The lowest BCUT2D eigenvalue weighted by atomic mass is 9.99. The lowest BCUT2D eigenvalue weighted by molar-refractivity contribution is -0.122. The minimum atomic E-state index is 0.205. The predicted molar refractivity (Wildman–Crippen MR) is 119 cm³/mol. The number of hydrogen-bond donors (Lipinski definition) is 1. The number of nitrogens with one attached hydrogen (secondary N) is 1. The largest absolute Gasteiger partial charge is 0.460 e. The summed E-state index contributed by atoms with van der Waals surface area (Å²) in [6.07, 6.45) is 9.25. The van der Waals surface area contributed by atoms with Gasteiger partial charge in [0.25, 0.3) is 0 Å². The van der Waals surface area contributed by atoms with Crippen LogP contribution in [0.4, 0.5) is 0 Å². The van der Waals surface area contributed by atoms with Gasteiger partial charge in [-0.15, -0.1) is 11.8 Å². The fourth-order valence-electron chi connectivity index (χ4n) is 4.03. The lowest BCUT2D eigenvalue weighted by Crippen LogP contribution is -2.27. The lowest BCUT2D eigenvalue weighted by Gasteiger charge is -2.09. The monoisotopic (exact) mass is 403 g/mol. The van der Waals surface area contributed by atoms with Gasteiger partial charge in [-0.2, -0.15) is 0 Å². The molecule has 0 atom stereocenters. The zero-order chi connectivity index (χ0) is 19.6. The number of fused-ring (bicyclic) bond motifs is 3. The summed E-state index contributed by atoms with van der Waals surface area (Å²) in [6.45, 7) is 0.659. The number of allylic oxidation sites excluding steroid dienone is 1. The molecule has 1 aromatic heterocycles. The topological polar surface area (TPSA) is 42.2 Å². The molecule has 5 rings (SSSR count). The Morgan fingerprint density at radius 1 is 1.14 bits per heavy atom. The van der Waals surface area contributed by atoms with Crippen LogP contribution in [0, 0.1) is 5.92 Å². The molecule has 1 aliphatic heterocycles. The number of amides is 1. The molecule has 0 saturated heterocycles. The highest BCUT2D eigenvalue weighted by atomic mass is 32.2. The summed E-state index contributed by atoms with van der Waals surface area (Å²) in [6, 6.07) is 14.8. The van der Waals surface area contributed by atoms with Gasteiger partial charge in [0.2, 0.25) is 5.91 Å². The Morgan fingerprint density at radius 2 is 2.00 bits per heavy atom. The van der Waals surface area contributed by atoms with Gasteiger partial charge < -0.3 is 9.73 Å². The summed E-state index contributed by atoms with van der Waals surface area (Å²) in [4.78, 5) is 13.4. The first-order valence-corrected chi connectivity index (χ1v) is 11.5. The molecule has 0 spiro atoms. The summed E-state index contributed by atoms with van der Waals surface area (Å²) in [5, 5.41) is 4.35. The summed E-state index contributed by atoms with van der Waals surface area (Å²) in [5.74, 6) is 2.58. The number of rotatable bonds is 6. The van der Waals surface area contributed by atoms with Gasteiger partial charge in [-0.1, -0.05) is 42.5 Å². The van der Waals surface area contributed by atoms with Crippen molar-refractivity contribution < 1.29 is 9.21 Å². The molecule has 0 unspecified atom stereocenters. The van der Waals surface area contributed by atoms with E-state index < -0.39 is 0 Å². The van der Waals surface area contributed by atoms with E-state index in [4.69, 9.17) is 4.42 Å². The van der Waals surface area contributed by atoms with Crippen LogP contribution in [0.2, 0.25) is 0 Å². The minimum absolute atomic E-state index is 0.205. The third-order valence-electron chi connectivity index (χ3n) is 5.70. The van der Waals surface area contributed by atoms with Gasteiger partial charge in [0.05, 0.1) is 0 Å². The molecule has 2 aliphatic rings. The molecular weight excluding hydrogens is 378 g/mol. The van der Waals surface area contributed by atoms with E-state index in [0.29, 0.717) is 6.54 Å². The van der Waals surface area contributed by atoms with Crippen LogP contribution < -0.4 is 5.32 Å². The molecule has 4 heteroatoms. The van der Waals surface area contributed by atoms with Gasteiger partial charge in [-0.05, 0) is 48.9 Å². The number of benzene rings is 2. The molecule has 1 aliphatic carbocycles. The normalized spacial score (nSPS) is 15.9. The number of carbonyl (C=O) groups excluding carboxylic acids is 1. The van der Waals surface area contributed by atoms with Crippen LogP contribution in [0.3, 0.4) is 0 Å². The second-order valence-corrected chi connectivity index (χ2v) is 9.01. The maximum absolute atomic E-state index is 12.1. The Balaban J connectivity index is 1.53. The third kappa shape index (κ3) is 3.99. The maximum Gasteiger partial charge on any atom is 0.223 e. The Hall–Kier alpha value is -2.46. The summed E-state index contributed by atoms with van der Waals surface area (Å²) >= 11 is 1.91. The molecule has 1 fully saturated rings. The molecule has 0 bridgehead atoms. The predicted octanol–water partition coefficient (Wildman–Crippen LogP) is 5.60. The first kappa shape index (κ1) is 18.6. The van der Waals surface area contributed by atoms with Crippen molar-refractivity contribution >= 4 is 34.7 Å². The molecular formula is C25H25NO2S. The Bertz CT molecular complexity index is 1060. The van der Waals surface area contributed by atoms with E-state index in [1.165, 1.54) is 27.0 Å². The van der Waals surface area contributed by atoms with E-state index in [1.54, 1.807) is 0 Å². The average Bonchev–Trinajstić information content (AvgIpc) is 3.56. The molecule has 2 aromatic carbocycles. The van der Waals surface area contributed by atoms with Crippen LogP contribution in [-0.2, 0) is 17.6 Å². The summed E-state index contributed by atoms with van der Waals surface area (Å²) < 4.78 is 6.37. The van der Waals surface area contributed by atoms with Gasteiger partial charge in [0.1, 0.15) is 11.3 Å². The molecule has 29 heavy (non-hydrogen) atoms.